The molecule has 100 valence electrons. The first kappa shape index (κ1) is 14.2. The molecule has 1 aliphatic rings. The Bertz CT molecular complexity index is 437. The molecular weight excluding hydrogens is 331 g/mol. The summed E-state index contributed by atoms with van der Waals surface area (Å²) in [5.41, 5.74) is -0.649. The van der Waals surface area contributed by atoms with Gasteiger partial charge in [0.1, 0.15) is 0 Å². The van der Waals surface area contributed by atoms with E-state index in [4.69, 9.17) is 4.74 Å². The lowest BCUT2D eigenvalue weighted by atomic mass is 10.2. The van der Waals surface area contributed by atoms with Crippen LogP contribution in [0.25, 0.3) is 0 Å². The second kappa shape index (κ2) is 5.40. The van der Waals surface area contributed by atoms with Gasteiger partial charge in [-0.2, -0.15) is 13.2 Å². The van der Waals surface area contributed by atoms with Crippen molar-refractivity contribution in [3.63, 3.8) is 0 Å². The van der Waals surface area contributed by atoms with Crippen LogP contribution in [0, 0.1) is 0 Å². The second-order valence-corrected chi connectivity index (χ2v) is 6.13. The lowest BCUT2D eigenvalue weighted by Crippen LogP contribution is -2.15. The second-order valence-electron chi connectivity index (χ2n) is 4.00. The molecule has 0 spiro atoms. The van der Waals surface area contributed by atoms with Crippen LogP contribution in [-0.4, -0.2) is 30.6 Å². The first-order chi connectivity index (χ1) is 8.36. The smallest absolute Gasteiger partial charge is 0.372 e. The van der Waals surface area contributed by atoms with Gasteiger partial charge >= 0.3 is 6.18 Å². The SMILES string of the molecule is CN(C[C@H]1CO1)Sc1ccc(Br)c(C(F)(F)F)c1. The monoisotopic (exact) mass is 341 g/mol. The summed E-state index contributed by atoms with van der Waals surface area (Å²) in [5.74, 6) is 0. The minimum atomic E-state index is -4.34. The molecule has 0 saturated carbocycles. The van der Waals surface area contributed by atoms with Gasteiger partial charge in [-0.3, -0.25) is 0 Å². The molecule has 0 amide bonds. The highest BCUT2D eigenvalue weighted by Gasteiger charge is 2.33. The van der Waals surface area contributed by atoms with Gasteiger partial charge in [0.25, 0.3) is 0 Å². The average molecular weight is 342 g/mol. The van der Waals surface area contributed by atoms with E-state index in [1.54, 1.807) is 6.07 Å². The van der Waals surface area contributed by atoms with Crippen molar-refractivity contribution in [3.05, 3.63) is 28.2 Å². The van der Waals surface area contributed by atoms with Crippen molar-refractivity contribution in [1.82, 2.24) is 4.31 Å². The van der Waals surface area contributed by atoms with Gasteiger partial charge in [-0.05, 0) is 37.2 Å². The lowest BCUT2D eigenvalue weighted by molar-refractivity contribution is -0.138. The van der Waals surface area contributed by atoms with Crippen LogP contribution in [0.5, 0.6) is 0 Å². The largest absolute Gasteiger partial charge is 0.417 e. The topological polar surface area (TPSA) is 15.8 Å². The zero-order valence-electron chi connectivity index (χ0n) is 9.50. The van der Waals surface area contributed by atoms with Gasteiger partial charge < -0.3 is 4.74 Å². The van der Waals surface area contributed by atoms with Gasteiger partial charge in [-0.1, -0.05) is 15.9 Å². The molecule has 0 unspecified atom stereocenters. The van der Waals surface area contributed by atoms with Crippen LogP contribution < -0.4 is 0 Å². The predicted octanol–water partition coefficient (Wildman–Crippen LogP) is 3.81. The van der Waals surface area contributed by atoms with Crippen LogP contribution >= 0.6 is 27.9 Å². The third kappa shape index (κ3) is 3.88. The number of nitrogens with zero attached hydrogens (tertiary/aromatic N) is 1. The Morgan fingerprint density at radius 3 is 2.72 bits per heavy atom. The van der Waals surface area contributed by atoms with Gasteiger partial charge in [0.15, 0.2) is 0 Å². The summed E-state index contributed by atoms with van der Waals surface area (Å²) in [5, 5.41) is 0. The Hall–Kier alpha value is -0.240. The normalized spacial score (nSPS) is 19.3. The number of benzene rings is 1. The summed E-state index contributed by atoms with van der Waals surface area (Å²) in [7, 11) is 1.83. The van der Waals surface area contributed by atoms with E-state index in [0.29, 0.717) is 11.4 Å². The standard InChI is InChI=1S/C11H11BrF3NOS/c1-16(5-7-6-17-7)18-8-2-3-10(12)9(4-8)11(13,14)15/h2-4,7H,5-6H2,1H3/t7-/m0/s1. The van der Waals surface area contributed by atoms with E-state index >= 15 is 0 Å². The van der Waals surface area contributed by atoms with Crippen molar-refractivity contribution < 1.29 is 17.9 Å². The number of ether oxygens (including phenoxy) is 1. The third-order valence-corrected chi connectivity index (χ3v) is 3.98. The maximum Gasteiger partial charge on any atom is 0.417 e. The molecule has 7 heteroatoms. The Balaban J connectivity index is 2.08. The van der Waals surface area contributed by atoms with Crippen LogP contribution in [0.15, 0.2) is 27.6 Å². The van der Waals surface area contributed by atoms with E-state index in [0.717, 1.165) is 12.7 Å². The van der Waals surface area contributed by atoms with Crippen molar-refractivity contribution in [3.8, 4) is 0 Å². The molecule has 0 radical (unpaired) electrons. The van der Waals surface area contributed by atoms with Crippen LogP contribution in [0.2, 0.25) is 0 Å². The van der Waals surface area contributed by atoms with Crippen molar-refractivity contribution in [2.24, 2.45) is 0 Å². The van der Waals surface area contributed by atoms with Gasteiger partial charge in [-0.25, -0.2) is 4.31 Å². The molecule has 0 bridgehead atoms. The zero-order chi connectivity index (χ0) is 13.3. The van der Waals surface area contributed by atoms with E-state index in [1.165, 1.54) is 18.0 Å². The number of likely N-dealkylation sites (N-methyl/N-ethyl adjacent to an activating group) is 1. The quantitative estimate of drug-likeness (QED) is 0.611. The summed E-state index contributed by atoms with van der Waals surface area (Å²) in [4.78, 5) is 0.564. The molecule has 1 aromatic rings. The van der Waals surface area contributed by atoms with Crippen LogP contribution in [0.1, 0.15) is 5.56 Å². The fourth-order valence-corrected chi connectivity index (χ4v) is 2.83. The molecular formula is C11H11BrF3NOS. The third-order valence-electron chi connectivity index (χ3n) is 2.37. The number of hydrogen-bond acceptors (Lipinski definition) is 3. The number of alkyl halides is 3. The van der Waals surface area contributed by atoms with E-state index < -0.39 is 11.7 Å². The number of rotatable bonds is 4. The molecule has 1 aliphatic heterocycles. The molecule has 1 saturated heterocycles. The average Bonchev–Trinajstić information content (AvgIpc) is 3.03. The summed E-state index contributed by atoms with van der Waals surface area (Å²) in [6, 6.07) is 4.24. The van der Waals surface area contributed by atoms with E-state index in [9.17, 15) is 13.2 Å². The highest BCUT2D eigenvalue weighted by Crippen LogP contribution is 2.37. The van der Waals surface area contributed by atoms with Crippen LogP contribution in [0.3, 0.4) is 0 Å². The minimum absolute atomic E-state index is 0.0625. The fraction of sp³-hybridized carbons (Fsp3) is 0.455. The van der Waals surface area contributed by atoms with E-state index in [1.807, 2.05) is 11.4 Å². The maximum absolute atomic E-state index is 12.7. The molecule has 0 N–H and O–H groups in total. The predicted molar refractivity (Wildman–Crippen MR) is 67.4 cm³/mol. The molecule has 18 heavy (non-hydrogen) atoms. The number of hydrogen-bond donors (Lipinski definition) is 0. The highest BCUT2D eigenvalue weighted by molar-refractivity contribution is 9.10. The zero-order valence-corrected chi connectivity index (χ0v) is 11.9. The molecule has 1 aromatic carbocycles. The summed E-state index contributed by atoms with van der Waals surface area (Å²) in [6.45, 7) is 1.45. The van der Waals surface area contributed by atoms with Gasteiger partial charge in [0.05, 0.1) is 18.3 Å². The molecule has 0 aliphatic carbocycles. The summed E-state index contributed by atoms with van der Waals surface area (Å²) < 4.78 is 45.2. The molecule has 2 nitrogen and oxygen atoms in total. The lowest BCUT2D eigenvalue weighted by Gasteiger charge is -2.16. The Kier molecular flexibility index (Phi) is 4.25. The Labute approximate surface area is 116 Å². The molecule has 1 fully saturated rings. The van der Waals surface area contributed by atoms with Crippen molar-refractivity contribution in [1.29, 1.82) is 0 Å². The maximum atomic E-state index is 12.7. The first-order valence-corrected chi connectivity index (χ1v) is 6.80. The minimum Gasteiger partial charge on any atom is -0.372 e. The fourth-order valence-electron chi connectivity index (χ4n) is 1.46. The summed E-state index contributed by atoms with van der Waals surface area (Å²) >= 11 is 4.20. The molecule has 1 atom stereocenters. The van der Waals surface area contributed by atoms with Crippen molar-refractivity contribution in [2.75, 3.05) is 20.2 Å². The molecule has 1 heterocycles. The Morgan fingerprint density at radius 1 is 1.50 bits per heavy atom. The Morgan fingerprint density at radius 2 is 2.17 bits per heavy atom. The van der Waals surface area contributed by atoms with E-state index in [2.05, 4.69) is 15.9 Å². The van der Waals surface area contributed by atoms with Crippen molar-refractivity contribution >= 4 is 27.9 Å². The van der Waals surface area contributed by atoms with Gasteiger partial charge in [0, 0.05) is 15.9 Å². The molecule has 0 aromatic heterocycles. The van der Waals surface area contributed by atoms with Crippen molar-refractivity contribution in [2.45, 2.75) is 17.2 Å². The first-order valence-electron chi connectivity index (χ1n) is 5.23. The van der Waals surface area contributed by atoms with Crippen LogP contribution in [0.4, 0.5) is 13.2 Å². The van der Waals surface area contributed by atoms with Gasteiger partial charge in [0.2, 0.25) is 0 Å². The van der Waals surface area contributed by atoms with Gasteiger partial charge in [-0.15, -0.1) is 0 Å². The summed E-state index contributed by atoms with van der Waals surface area (Å²) in [6.07, 6.45) is -4.12. The van der Waals surface area contributed by atoms with E-state index in [-0.39, 0.29) is 10.6 Å². The molecule has 2 rings (SSSR count). The van der Waals surface area contributed by atoms with Crippen LogP contribution in [-0.2, 0) is 10.9 Å². The highest BCUT2D eigenvalue weighted by atomic mass is 79.9. The number of epoxide rings is 1. The number of halogens is 4.